The number of benzene rings is 3. The average Bonchev–Trinajstić information content (AvgIpc) is 3.12. The van der Waals surface area contributed by atoms with Gasteiger partial charge in [-0.1, -0.05) is 18.2 Å². The van der Waals surface area contributed by atoms with Crippen molar-refractivity contribution in [1.29, 1.82) is 0 Å². The fraction of sp³-hybridized carbons (Fsp3) is 0.0455. The van der Waals surface area contributed by atoms with Crippen LogP contribution in [0.3, 0.4) is 0 Å². The summed E-state index contributed by atoms with van der Waals surface area (Å²) in [5, 5.41) is 45.2. The van der Waals surface area contributed by atoms with Crippen LogP contribution in [0.5, 0.6) is 5.75 Å². The summed E-state index contributed by atoms with van der Waals surface area (Å²) in [5.41, 5.74) is -1.79. The van der Waals surface area contributed by atoms with Crippen molar-refractivity contribution in [2.75, 3.05) is 7.11 Å². The second kappa shape index (κ2) is 8.09. The summed E-state index contributed by atoms with van der Waals surface area (Å²) in [6.07, 6.45) is 1.39. The van der Waals surface area contributed by atoms with Gasteiger partial charge in [-0.25, -0.2) is 4.79 Å². The van der Waals surface area contributed by atoms with Gasteiger partial charge in [0.05, 0.1) is 39.1 Å². The number of esters is 1. The van der Waals surface area contributed by atoms with Gasteiger partial charge in [0, 0.05) is 34.9 Å². The maximum Gasteiger partial charge on any atom is 0.338 e. The van der Waals surface area contributed by atoms with Crippen LogP contribution in [0.25, 0.3) is 22.8 Å². The molecule has 170 valence electrons. The Morgan fingerprint density at radius 2 is 1.47 bits per heavy atom. The molecule has 1 aliphatic carbocycles. The molecule has 0 bridgehead atoms. The van der Waals surface area contributed by atoms with Crippen LogP contribution in [0.4, 0.5) is 17.1 Å². The SMILES string of the molecule is COC(=O)c1cc([N+](=O)[O-])cc2c1-c1c(cc([N+](=O)[O-])cc1[N+](=O)[O-])/C2=C\c1ccccc1O. The number of carbonyl (C=O) groups is 1. The van der Waals surface area contributed by atoms with Gasteiger partial charge in [0.1, 0.15) is 5.75 Å². The number of rotatable bonds is 5. The van der Waals surface area contributed by atoms with Crippen molar-refractivity contribution in [1.82, 2.24) is 0 Å². The smallest absolute Gasteiger partial charge is 0.338 e. The number of nitro benzene ring substituents is 3. The number of non-ortho nitro benzene ring substituents is 2. The van der Waals surface area contributed by atoms with Crippen molar-refractivity contribution < 1.29 is 29.4 Å². The van der Waals surface area contributed by atoms with Gasteiger partial charge in [-0.15, -0.1) is 0 Å². The van der Waals surface area contributed by atoms with E-state index in [2.05, 4.69) is 0 Å². The lowest BCUT2D eigenvalue weighted by Gasteiger charge is -2.08. The number of fused-ring (bicyclic) bond motifs is 3. The van der Waals surface area contributed by atoms with Gasteiger partial charge in [-0.2, -0.15) is 0 Å². The summed E-state index contributed by atoms with van der Waals surface area (Å²) < 4.78 is 4.75. The van der Waals surface area contributed by atoms with E-state index in [9.17, 15) is 40.2 Å². The standard InChI is InChI=1S/C22H13N3O9/c1-34-22(27)17-9-12(23(28)29)7-15-14(6-11-4-2-3-5-19(11)26)16-8-13(24(30)31)10-18(25(32)33)21(16)20(15)17/h2-10,26H,1H3/b14-6-. The van der Waals surface area contributed by atoms with E-state index < -0.39 is 37.8 Å². The van der Waals surface area contributed by atoms with E-state index in [4.69, 9.17) is 4.74 Å². The first kappa shape index (κ1) is 22.1. The van der Waals surface area contributed by atoms with Crippen LogP contribution in [0, 0.1) is 30.3 Å². The van der Waals surface area contributed by atoms with Gasteiger partial charge in [0.25, 0.3) is 17.1 Å². The molecule has 0 atom stereocenters. The number of hydrogen-bond acceptors (Lipinski definition) is 9. The summed E-state index contributed by atoms with van der Waals surface area (Å²) >= 11 is 0. The molecule has 0 saturated heterocycles. The van der Waals surface area contributed by atoms with Crippen molar-refractivity contribution in [3.63, 3.8) is 0 Å². The highest BCUT2D eigenvalue weighted by Crippen LogP contribution is 2.53. The molecule has 3 aromatic carbocycles. The number of phenolic OH excluding ortho intramolecular Hbond substituents is 1. The van der Waals surface area contributed by atoms with Crippen molar-refractivity contribution in [2.45, 2.75) is 0 Å². The summed E-state index contributed by atoms with van der Waals surface area (Å²) in [5.74, 6) is -1.15. The summed E-state index contributed by atoms with van der Waals surface area (Å²) in [7, 11) is 1.05. The maximum atomic E-state index is 12.6. The summed E-state index contributed by atoms with van der Waals surface area (Å²) in [6.45, 7) is 0. The van der Waals surface area contributed by atoms with Crippen LogP contribution in [0.2, 0.25) is 0 Å². The lowest BCUT2D eigenvalue weighted by molar-refractivity contribution is -0.393. The molecule has 0 saturated carbocycles. The van der Waals surface area contributed by atoms with Gasteiger partial charge >= 0.3 is 5.97 Å². The topological polar surface area (TPSA) is 176 Å². The van der Waals surface area contributed by atoms with Crippen molar-refractivity contribution in [3.05, 3.63) is 101 Å². The third kappa shape index (κ3) is 3.48. The monoisotopic (exact) mass is 463 g/mol. The van der Waals surface area contributed by atoms with Crippen LogP contribution in [0.15, 0.2) is 48.5 Å². The van der Waals surface area contributed by atoms with Gasteiger partial charge in [-0.3, -0.25) is 30.3 Å². The first-order valence-electron chi connectivity index (χ1n) is 9.52. The molecule has 4 rings (SSSR count). The molecule has 0 aliphatic heterocycles. The molecule has 0 amide bonds. The molecule has 12 nitrogen and oxygen atoms in total. The van der Waals surface area contributed by atoms with E-state index >= 15 is 0 Å². The first-order chi connectivity index (χ1) is 16.1. The third-order valence-electron chi connectivity index (χ3n) is 5.32. The third-order valence-corrected chi connectivity index (χ3v) is 5.32. The number of methoxy groups -OCH3 is 1. The van der Waals surface area contributed by atoms with E-state index in [1.807, 2.05) is 0 Å². The van der Waals surface area contributed by atoms with Crippen LogP contribution in [-0.4, -0.2) is 33.0 Å². The Labute approximate surface area is 189 Å². The number of ether oxygens (including phenoxy) is 1. The molecule has 0 radical (unpaired) electrons. The number of phenols is 1. The largest absolute Gasteiger partial charge is 0.507 e. The fourth-order valence-corrected chi connectivity index (χ4v) is 3.89. The Hall–Kier alpha value is -5.13. The lowest BCUT2D eigenvalue weighted by Crippen LogP contribution is -2.06. The summed E-state index contributed by atoms with van der Waals surface area (Å²) in [4.78, 5) is 45.1. The lowest BCUT2D eigenvalue weighted by atomic mass is 9.96. The van der Waals surface area contributed by atoms with Gasteiger partial charge in [0.15, 0.2) is 0 Å². The molecular formula is C22H13N3O9. The van der Waals surface area contributed by atoms with Crippen LogP contribution in [-0.2, 0) is 4.74 Å². The Morgan fingerprint density at radius 1 is 0.882 bits per heavy atom. The van der Waals surface area contributed by atoms with Crippen molar-refractivity contribution in [3.8, 4) is 16.9 Å². The molecule has 0 aromatic heterocycles. The second-order valence-electron chi connectivity index (χ2n) is 7.18. The summed E-state index contributed by atoms with van der Waals surface area (Å²) in [6, 6.07) is 9.95. The second-order valence-corrected chi connectivity index (χ2v) is 7.18. The van der Waals surface area contributed by atoms with Gasteiger partial charge < -0.3 is 9.84 Å². The molecule has 1 N–H and O–H groups in total. The van der Waals surface area contributed by atoms with Gasteiger partial charge in [0.2, 0.25) is 0 Å². The minimum atomic E-state index is -0.984. The van der Waals surface area contributed by atoms with E-state index in [0.29, 0.717) is 0 Å². The van der Waals surface area contributed by atoms with E-state index in [1.54, 1.807) is 12.1 Å². The Balaban J connectivity index is 2.21. The Kier molecular flexibility index (Phi) is 5.25. The molecular weight excluding hydrogens is 450 g/mol. The van der Waals surface area contributed by atoms with E-state index in [0.717, 1.165) is 31.4 Å². The Bertz CT molecular complexity index is 1460. The molecule has 0 unspecified atom stereocenters. The van der Waals surface area contributed by atoms with Gasteiger partial charge in [-0.05, 0) is 23.3 Å². The zero-order valence-corrected chi connectivity index (χ0v) is 17.3. The number of aromatic hydroxyl groups is 1. The highest BCUT2D eigenvalue weighted by atomic mass is 16.6. The number of carbonyl (C=O) groups excluding carboxylic acids is 1. The molecule has 1 aliphatic rings. The number of hydrogen-bond donors (Lipinski definition) is 1. The van der Waals surface area contributed by atoms with Crippen LogP contribution in [0.1, 0.15) is 27.0 Å². The van der Waals surface area contributed by atoms with E-state index in [1.165, 1.54) is 18.2 Å². The first-order valence-corrected chi connectivity index (χ1v) is 9.52. The minimum Gasteiger partial charge on any atom is -0.507 e. The molecule has 34 heavy (non-hydrogen) atoms. The maximum absolute atomic E-state index is 12.6. The average molecular weight is 463 g/mol. The predicted molar refractivity (Wildman–Crippen MR) is 118 cm³/mol. The van der Waals surface area contributed by atoms with Crippen LogP contribution < -0.4 is 0 Å². The highest BCUT2D eigenvalue weighted by molar-refractivity contribution is 6.15. The quantitative estimate of drug-likeness (QED) is 0.254. The minimum absolute atomic E-state index is 0.00445. The molecule has 0 fully saturated rings. The zero-order valence-electron chi connectivity index (χ0n) is 17.3. The fourth-order valence-electron chi connectivity index (χ4n) is 3.89. The van der Waals surface area contributed by atoms with E-state index in [-0.39, 0.29) is 44.7 Å². The molecule has 3 aromatic rings. The van der Waals surface area contributed by atoms with Crippen LogP contribution >= 0.6 is 0 Å². The number of para-hydroxylation sites is 1. The number of nitro groups is 3. The number of nitrogens with zero attached hydrogens (tertiary/aromatic N) is 3. The Morgan fingerprint density at radius 3 is 2.03 bits per heavy atom. The molecule has 12 heteroatoms. The van der Waals surface area contributed by atoms with Crippen molar-refractivity contribution >= 4 is 34.7 Å². The predicted octanol–water partition coefficient (Wildman–Crippen LogP) is 4.47. The zero-order chi connectivity index (χ0) is 24.7. The molecule has 0 heterocycles. The normalized spacial score (nSPS) is 12.7. The van der Waals surface area contributed by atoms with Crippen molar-refractivity contribution in [2.24, 2.45) is 0 Å². The molecule has 0 spiro atoms. The highest BCUT2D eigenvalue weighted by Gasteiger charge is 2.38.